The summed E-state index contributed by atoms with van der Waals surface area (Å²) in [6, 6.07) is 7.06. The molecule has 0 bridgehead atoms. The lowest BCUT2D eigenvalue weighted by Gasteiger charge is -2.15. The topological polar surface area (TPSA) is 116 Å². The number of amides is 2. The fourth-order valence-corrected chi connectivity index (χ4v) is 4.09. The molecule has 0 aliphatic carbocycles. The summed E-state index contributed by atoms with van der Waals surface area (Å²) in [4.78, 5) is 26.1. The highest BCUT2D eigenvalue weighted by molar-refractivity contribution is 6.31. The molecule has 0 atom stereocenters. The van der Waals surface area contributed by atoms with E-state index in [1.165, 1.54) is 10.9 Å². The lowest BCUT2D eigenvalue weighted by Crippen LogP contribution is -2.21. The Labute approximate surface area is 225 Å². The number of rotatable bonds is 9. The number of carbonyl (C=O) groups is 2. The second-order valence-corrected chi connectivity index (χ2v) is 9.65. The monoisotopic (exact) mass is 538 g/mol. The normalized spacial score (nSPS) is 11.2. The average Bonchev–Trinajstić information content (AvgIpc) is 3.60. The van der Waals surface area contributed by atoms with E-state index in [0.29, 0.717) is 23.0 Å². The molecular weight excluding hydrogens is 508 g/mol. The van der Waals surface area contributed by atoms with Crippen LogP contribution in [0.5, 0.6) is 5.75 Å². The third-order valence-electron chi connectivity index (χ3n) is 6.25. The molecule has 0 radical (unpaired) electrons. The van der Waals surface area contributed by atoms with Crippen molar-refractivity contribution in [2.24, 2.45) is 7.05 Å². The zero-order chi connectivity index (χ0) is 27.6. The summed E-state index contributed by atoms with van der Waals surface area (Å²) in [6.07, 6.45) is 3.01. The number of hydrogen-bond donors (Lipinski definition) is 2. The van der Waals surface area contributed by atoms with E-state index in [-0.39, 0.29) is 29.7 Å². The summed E-state index contributed by atoms with van der Waals surface area (Å²) < 4.78 is 14.9. The van der Waals surface area contributed by atoms with Crippen LogP contribution in [-0.2, 0) is 20.2 Å². The lowest BCUT2D eigenvalue weighted by molar-refractivity contribution is 0.0992. The summed E-state index contributed by atoms with van der Waals surface area (Å²) in [5.74, 6) is 0.576. The van der Waals surface area contributed by atoms with Gasteiger partial charge in [-0.25, -0.2) is 0 Å². The number of nitrogens with zero attached hydrogens (tertiary/aromatic N) is 4. The molecule has 0 saturated heterocycles. The number of nitrogens with one attached hydrogen (secondary N) is 2. The van der Waals surface area contributed by atoms with E-state index in [1.54, 1.807) is 30.1 Å². The second kappa shape index (κ2) is 11.1. The van der Waals surface area contributed by atoms with Gasteiger partial charge >= 0.3 is 0 Å². The van der Waals surface area contributed by atoms with Gasteiger partial charge in [-0.2, -0.15) is 10.2 Å². The van der Waals surface area contributed by atoms with Gasteiger partial charge in [0.2, 0.25) is 0 Å². The van der Waals surface area contributed by atoms with Crippen molar-refractivity contribution >= 4 is 34.8 Å². The fraction of sp³-hybridized carbons (Fsp3) is 0.333. The first-order valence-corrected chi connectivity index (χ1v) is 12.7. The molecule has 11 heteroatoms. The number of halogens is 1. The summed E-state index contributed by atoms with van der Waals surface area (Å²) in [5.41, 5.74) is 3.76. The van der Waals surface area contributed by atoms with Crippen molar-refractivity contribution < 1.29 is 18.7 Å². The van der Waals surface area contributed by atoms with E-state index >= 15 is 0 Å². The molecule has 4 aromatic rings. The maximum absolute atomic E-state index is 13.1. The van der Waals surface area contributed by atoms with Crippen LogP contribution in [0.1, 0.15) is 70.3 Å². The highest BCUT2D eigenvalue weighted by atomic mass is 35.5. The number of anilines is 2. The molecule has 0 spiro atoms. The maximum Gasteiger partial charge on any atom is 0.291 e. The van der Waals surface area contributed by atoms with Crippen LogP contribution < -0.4 is 15.4 Å². The first-order valence-electron chi connectivity index (χ1n) is 12.3. The molecule has 0 saturated carbocycles. The first kappa shape index (κ1) is 27.0. The van der Waals surface area contributed by atoms with Crippen LogP contribution in [0.3, 0.4) is 0 Å². The third kappa shape index (κ3) is 5.60. The van der Waals surface area contributed by atoms with E-state index in [9.17, 15) is 9.59 Å². The Kier molecular flexibility index (Phi) is 7.91. The van der Waals surface area contributed by atoms with Crippen molar-refractivity contribution in [2.45, 2.75) is 53.7 Å². The van der Waals surface area contributed by atoms with Crippen molar-refractivity contribution in [2.75, 3.05) is 10.6 Å². The van der Waals surface area contributed by atoms with Crippen LogP contribution >= 0.6 is 11.6 Å². The van der Waals surface area contributed by atoms with E-state index in [1.807, 2.05) is 32.9 Å². The van der Waals surface area contributed by atoms with Gasteiger partial charge in [0.25, 0.3) is 11.8 Å². The molecule has 3 aromatic heterocycles. The zero-order valence-corrected chi connectivity index (χ0v) is 23.0. The van der Waals surface area contributed by atoms with Crippen molar-refractivity contribution in [3.63, 3.8) is 0 Å². The van der Waals surface area contributed by atoms with Gasteiger partial charge in [0.1, 0.15) is 23.8 Å². The van der Waals surface area contributed by atoms with Crippen LogP contribution in [0.4, 0.5) is 11.4 Å². The Hall–Kier alpha value is -4.05. The largest absolute Gasteiger partial charge is 0.485 e. The number of furan rings is 1. The molecule has 200 valence electrons. The summed E-state index contributed by atoms with van der Waals surface area (Å²) >= 11 is 6.29. The Balaban J connectivity index is 1.47. The fourth-order valence-electron chi connectivity index (χ4n) is 3.92. The molecular formula is C27H31ClN6O4. The number of aromatic nitrogens is 4. The van der Waals surface area contributed by atoms with Crippen LogP contribution in [-0.4, -0.2) is 31.4 Å². The molecule has 2 amide bonds. The minimum Gasteiger partial charge on any atom is -0.485 e. The molecule has 4 rings (SSSR count). The minimum atomic E-state index is -0.510. The predicted octanol–water partition coefficient (Wildman–Crippen LogP) is 5.71. The van der Waals surface area contributed by atoms with Gasteiger partial charge in [0, 0.05) is 18.6 Å². The Morgan fingerprint density at radius 3 is 2.45 bits per heavy atom. The SMILES string of the molecule is CCn1ncc(NC(=O)c2ccc(COc3cc(C)c(Cl)cc3C(C)C)o2)c1C(=O)Nc1cnn(C)c1C. The average molecular weight is 539 g/mol. The van der Waals surface area contributed by atoms with Crippen molar-refractivity contribution in [3.8, 4) is 5.75 Å². The maximum atomic E-state index is 13.1. The third-order valence-corrected chi connectivity index (χ3v) is 6.66. The van der Waals surface area contributed by atoms with Gasteiger partial charge in [-0.15, -0.1) is 0 Å². The Morgan fingerprint density at radius 1 is 1.08 bits per heavy atom. The Morgan fingerprint density at radius 2 is 1.79 bits per heavy atom. The molecule has 38 heavy (non-hydrogen) atoms. The Bertz CT molecular complexity index is 1480. The van der Waals surface area contributed by atoms with Gasteiger partial charge in [0.05, 0.1) is 29.5 Å². The molecule has 2 N–H and O–H groups in total. The summed E-state index contributed by atoms with van der Waals surface area (Å²) in [6.45, 7) is 10.3. The first-order chi connectivity index (χ1) is 18.1. The van der Waals surface area contributed by atoms with Gasteiger partial charge in [0.15, 0.2) is 5.76 Å². The quantitative estimate of drug-likeness (QED) is 0.282. The van der Waals surface area contributed by atoms with Gasteiger partial charge in [-0.05, 0) is 62.1 Å². The smallest absolute Gasteiger partial charge is 0.291 e. The van der Waals surface area contributed by atoms with Crippen molar-refractivity contribution in [3.05, 3.63) is 75.7 Å². The molecule has 10 nitrogen and oxygen atoms in total. The molecule has 0 fully saturated rings. The van der Waals surface area contributed by atoms with E-state index in [4.69, 9.17) is 20.8 Å². The van der Waals surface area contributed by atoms with Crippen molar-refractivity contribution in [1.29, 1.82) is 0 Å². The van der Waals surface area contributed by atoms with E-state index < -0.39 is 11.8 Å². The number of benzene rings is 1. The molecule has 3 heterocycles. The number of carbonyl (C=O) groups excluding carboxylic acids is 2. The van der Waals surface area contributed by atoms with Crippen molar-refractivity contribution in [1.82, 2.24) is 19.6 Å². The van der Waals surface area contributed by atoms with E-state index in [0.717, 1.165) is 22.6 Å². The summed E-state index contributed by atoms with van der Waals surface area (Å²) in [5, 5.41) is 14.6. The number of hydrogen-bond acceptors (Lipinski definition) is 6. The predicted molar refractivity (Wildman–Crippen MR) is 145 cm³/mol. The van der Waals surface area contributed by atoms with Crippen LogP contribution in [0.15, 0.2) is 41.1 Å². The highest BCUT2D eigenvalue weighted by Gasteiger charge is 2.23. The molecule has 0 aliphatic heterocycles. The lowest BCUT2D eigenvalue weighted by atomic mass is 10.0. The highest BCUT2D eigenvalue weighted by Crippen LogP contribution is 2.32. The van der Waals surface area contributed by atoms with Gasteiger partial charge in [-0.3, -0.25) is 19.0 Å². The van der Waals surface area contributed by atoms with Gasteiger partial charge in [-0.1, -0.05) is 25.4 Å². The van der Waals surface area contributed by atoms with Gasteiger partial charge < -0.3 is 19.8 Å². The second-order valence-electron chi connectivity index (χ2n) is 9.25. The van der Waals surface area contributed by atoms with Crippen LogP contribution in [0, 0.1) is 13.8 Å². The zero-order valence-electron chi connectivity index (χ0n) is 22.3. The minimum absolute atomic E-state index is 0.0821. The van der Waals surface area contributed by atoms with Crippen LogP contribution in [0.25, 0.3) is 0 Å². The molecule has 1 aromatic carbocycles. The number of ether oxygens (including phenoxy) is 1. The van der Waals surface area contributed by atoms with E-state index in [2.05, 4.69) is 34.7 Å². The number of aryl methyl sites for hydroxylation is 3. The summed E-state index contributed by atoms with van der Waals surface area (Å²) in [7, 11) is 1.79. The molecule has 0 unspecified atom stereocenters. The van der Waals surface area contributed by atoms with Crippen LogP contribution in [0.2, 0.25) is 5.02 Å². The molecule has 0 aliphatic rings. The standard InChI is InChI=1S/C27H31ClN6O4/c1-7-34-25(27(36)31-21-12-29-33(6)17(21)5)22(13-30-34)32-26(35)23-9-8-18(38-23)14-37-24-10-16(4)20(28)11-19(24)15(2)3/h8-13,15H,7,14H2,1-6H3,(H,31,36)(H,32,35).